The summed E-state index contributed by atoms with van der Waals surface area (Å²) in [6, 6.07) is 8.08. The highest BCUT2D eigenvalue weighted by atomic mass is 16.3. The summed E-state index contributed by atoms with van der Waals surface area (Å²) in [4.78, 5) is 19.2. The van der Waals surface area contributed by atoms with Crippen LogP contribution in [0.4, 0.5) is 0 Å². The topological polar surface area (TPSA) is 46.3 Å². The first-order chi connectivity index (χ1) is 10.8. The number of nitrogens with zero attached hydrogens (tertiary/aromatic N) is 2. The first-order valence-electron chi connectivity index (χ1n) is 8.00. The number of carbonyl (C=O) groups is 1. The average molecular weight is 298 g/mol. The highest BCUT2D eigenvalue weighted by Gasteiger charge is 2.28. The lowest BCUT2D eigenvalue weighted by Crippen LogP contribution is -2.44. The second-order valence-corrected chi connectivity index (χ2v) is 5.90. The monoisotopic (exact) mass is 298 g/mol. The van der Waals surface area contributed by atoms with Gasteiger partial charge in [0.25, 0.3) is 5.91 Å². The molecule has 0 radical (unpaired) electrons. The largest absolute Gasteiger partial charge is 0.469 e. The Kier molecular flexibility index (Phi) is 4.56. The van der Waals surface area contributed by atoms with Crippen LogP contribution < -0.4 is 0 Å². The van der Waals surface area contributed by atoms with Crippen molar-refractivity contribution in [3.63, 3.8) is 0 Å². The summed E-state index contributed by atoms with van der Waals surface area (Å²) in [5.74, 6) is 0.816. The van der Waals surface area contributed by atoms with Crippen LogP contribution in [0.25, 0.3) is 0 Å². The van der Waals surface area contributed by atoms with Gasteiger partial charge in [-0.05, 0) is 57.2 Å². The number of amides is 1. The molecule has 3 heterocycles. The number of rotatable bonds is 4. The normalized spacial score (nSPS) is 18.4. The third-order valence-corrected chi connectivity index (χ3v) is 4.44. The Morgan fingerprint density at radius 1 is 1.36 bits per heavy atom. The molecule has 1 atom stereocenters. The summed E-state index contributed by atoms with van der Waals surface area (Å²) in [7, 11) is 0. The van der Waals surface area contributed by atoms with E-state index in [1.54, 1.807) is 12.3 Å². The zero-order chi connectivity index (χ0) is 15.4. The van der Waals surface area contributed by atoms with E-state index in [0.29, 0.717) is 17.4 Å². The number of hydrogen-bond acceptors (Lipinski definition) is 3. The van der Waals surface area contributed by atoms with Crippen molar-refractivity contribution in [2.75, 3.05) is 6.54 Å². The third kappa shape index (κ3) is 3.21. The quantitative estimate of drug-likeness (QED) is 0.866. The maximum Gasteiger partial charge on any atom is 0.257 e. The maximum absolute atomic E-state index is 12.8. The fraction of sp³-hybridized carbons (Fsp3) is 0.444. The summed E-state index contributed by atoms with van der Waals surface area (Å²) in [5, 5.41) is 0. The molecule has 3 rings (SSSR count). The molecule has 116 valence electrons. The Bertz CT molecular complexity index is 621. The molecule has 0 aliphatic carbocycles. The molecule has 4 heteroatoms. The number of aromatic nitrogens is 1. The van der Waals surface area contributed by atoms with Gasteiger partial charge in [-0.25, -0.2) is 0 Å². The molecule has 2 aromatic rings. The molecule has 0 unspecified atom stereocenters. The molecule has 1 saturated heterocycles. The molecule has 1 amide bonds. The van der Waals surface area contributed by atoms with Gasteiger partial charge in [0, 0.05) is 24.5 Å². The number of hydrogen-bond donors (Lipinski definition) is 0. The molecule has 4 nitrogen and oxygen atoms in total. The van der Waals surface area contributed by atoms with E-state index in [4.69, 9.17) is 4.42 Å². The van der Waals surface area contributed by atoms with Crippen molar-refractivity contribution in [1.29, 1.82) is 0 Å². The van der Waals surface area contributed by atoms with E-state index in [1.165, 1.54) is 6.42 Å². The summed E-state index contributed by atoms with van der Waals surface area (Å²) in [5.41, 5.74) is 1.80. The van der Waals surface area contributed by atoms with E-state index in [1.807, 2.05) is 30.2 Å². The standard InChI is InChI=1S/C18H22N2O2/c1-14-17(10-13-22-14)18(21)20-12-5-3-7-16(20)9-8-15-6-2-4-11-19-15/h2,4,6,10-11,13,16H,3,5,7-9,12H2,1H3/t16-/m1/s1. The smallest absolute Gasteiger partial charge is 0.257 e. The Morgan fingerprint density at radius 2 is 2.27 bits per heavy atom. The number of furan rings is 1. The van der Waals surface area contributed by atoms with Gasteiger partial charge in [-0.2, -0.15) is 0 Å². The van der Waals surface area contributed by atoms with Crippen molar-refractivity contribution >= 4 is 5.91 Å². The second-order valence-electron chi connectivity index (χ2n) is 5.90. The molecule has 2 aromatic heterocycles. The molecule has 0 spiro atoms. The summed E-state index contributed by atoms with van der Waals surface area (Å²) < 4.78 is 5.28. The Balaban J connectivity index is 1.69. The fourth-order valence-corrected chi connectivity index (χ4v) is 3.19. The average Bonchev–Trinajstić information content (AvgIpc) is 2.99. The molecular weight excluding hydrogens is 276 g/mol. The number of carbonyl (C=O) groups excluding carboxylic acids is 1. The highest BCUT2D eigenvalue weighted by molar-refractivity contribution is 5.95. The maximum atomic E-state index is 12.8. The number of aryl methyl sites for hydroxylation is 2. The van der Waals surface area contributed by atoms with Crippen LogP contribution in [0.2, 0.25) is 0 Å². The molecule has 0 aromatic carbocycles. The number of likely N-dealkylation sites (tertiary alicyclic amines) is 1. The Morgan fingerprint density at radius 3 is 3.00 bits per heavy atom. The van der Waals surface area contributed by atoms with E-state index in [2.05, 4.69) is 11.1 Å². The second kappa shape index (κ2) is 6.77. The van der Waals surface area contributed by atoms with Gasteiger partial charge in [0.2, 0.25) is 0 Å². The van der Waals surface area contributed by atoms with Crippen LogP contribution in [-0.4, -0.2) is 28.4 Å². The lowest BCUT2D eigenvalue weighted by molar-refractivity contribution is 0.0600. The van der Waals surface area contributed by atoms with Crippen molar-refractivity contribution < 1.29 is 9.21 Å². The van der Waals surface area contributed by atoms with Crippen molar-refractivity contribution in [2.24, 2.45) is 0 Å². The Labute approximate surface area is 131 Å². The van der Waals surface area contributed by atoms with Crippen molar-refractivity contribution in [3.8, 4) is 0 Å². The van der Waals surface area contributed by atoms with Gasteiger partial charge in [-0.3, -0.25) is 9.78 Å². The molecule has 1 aliphatic heterocycles. The first-order valence-corrected chi connectivity index (χ1v) is 8.00. The van der Waals surface area contributed by atoms with E-state index >= 15 is 0 Å². The highest BCUT2D eigenvalue weighted by Crippen LogP contribution is 2.24. The minimum absolute atomic E-state index is 0.108. The molecular formula is C18H22N2O2. The predicted molar refractivity (Wildman–Crippen MR) is 84.7 cm³/mol. The van der Waals surface area contributed by atoms with E-state index in [-0.39, 0.29) is 5.91 Å². The SMILES string of the molecule is Cc1occc1C(=O)N1CCCC[C@@H]1CCc1ccccn1. The van der Waals surface area contributed by atoms with Crippen LogP contribution >= 0.6 is 0 Å². The van der Waals surface area contributed by atoms with Gasteiger partial charge in [0.05, 0.1) is 11.8 Å². The molecule has 1 fully saturated rings. The van der Waals surface area contributed by atoms with Crippen molar-refractivity contribution in [1.82, 2.24) is 9.88 Å². The summed E-state index contributed by atoms with van der Waals surface area (Å²) in [6.07, 6.45) is 8.67. The number of pyridine rings is 1. The van der Waals surface area contributed by atoms with Crippen molar-refractivity contribution in [3.05, 3.63) is 53.7 Å². The lowest BCUT2D eigenvalue weighted by Gasteiger charge is -2.35. The molecule has 0 bridgehead atoms. The van der Waals surface area contributed by atoms with E-state index in [0.717, 1.165) is 37.9 Å². The Hall–Kier alpha value is -2.10. The molecule has 1 aliphatic rings. The first kappa shape index (κ1) is 14.8. The van der Waals surface area contributed by atoms with Gasteiger partial charge < -0.3 is 9.32 Å². The van der Waals surface area contributed by atoms with Crippen LogP contribution in [0.1, 0.15) is 47.5 Å². The predicted octanol–water partition coefficient (Wildman–Crippen LogP) is 3.61. The van der Waals surface area contributed by atoms with Gasteiger partial charge in [-0.15, -0.1) is 0 Å². The molecule has 0 saturated carbocycles. The minimum Gasteiger partial charge on any atom is -0.469 e. The lowest BCUT2D eigenvalue weighted by atomic mass is 9.96. The van der Waals surface area contributed by atoms with Crippen LogP contribution in [0.3, 0.4) is 0 Å². The van der Waals surface area contributed by atoms with Crippen LogP contribution in [0, 0.1) is 6.92 Å². The van der Waals surface area contributed by atoms with Crippen LogP contribution in [-0.2, 0) is 6.42 Å². The molecule has 22 heavy (non-hydrogen) atoms. The van der Waals surface area contributed by atoms with Gasteiger partial charge in [0.1, 0.15) is 5.76 Å². The molecule has 0 N–H and O–H groups in total. The van der Waals surface area contributed by atoms with Crippen LogP contribution in [0.15, 0.2) is 41.1 Å². The van der Waals surface area contributed by atoms with Gasteiger partial charge in [0.15, 0.2) is 0 Å². The number of piperidine rings is 1. The zero-order valence-electron chi connectivity index (χ0n) is 13.0. The van der Waals surface area contributed by atoms with E-state index < -0.39 is 0 Å². The summed E-state index contributed by atoms with van der Waals surface area (Å²) in [6.45, 7) is 2.69. The summed E-state index contributed by atoms with van der Waals surface area (Å²) >= 11 is 0. The zero-order valence-corrected chi connectivity index (χ0v) is 13.0. The minimum atomic E-state index is 0.108. The van der Waals surface area contributed by atoms with Gasteiger partial charge in [-0.1, -0.05) is 6.07 Å². The van der Waals surface area contributed by atoms with Gasteiger partial charge >= 0.3 is 0 Å². The van der Waals surface area contributed by atoms with Crippen molar-refractivity contribution in [2.45, 2.75) is 45.1 Å². The third-order valence-electron chi connectivity index (χ3n) is 4.44. The van der Waals surface area contributed by atoms with Crippen LogP contribution in [0.5, 0.6) is 0 Å². The fourth-order valence-electron chi connectivity index (χ4n) is 3.19. The van der Waals surface area contributed by atoms with E-state index in [9.17, 15) is 4.79 Å².